The van der Waals surface area contributed by atoms with Crippen molar-refractivity contribution in [3.05, 3.63) is 71.8 Å². The number of rotatable bonds is 7. The summed E-state index contributed by atoms with van der Waals surface area (Å²) in [7, 11) is 1.53. The Kier molecular flexibility index (Phi) is 8.93. The van der Waals surface area contributed by atoms with Gasteiger partial charge in [0, 0.05) is 32.7 Å². The van der Waals surface area contributed by atoms with E-state index in [2.05, 4.69) is 26.5 Å². The number of aryl methyl sites for hydroxylation is 1. The number of amidine groups is 1. The van der Waals surface area contributed by atoms with Crippen LogP contribution in [0, 0.1) is 18.6 Å². The Balaban J connectivity index is 1.98. The van der Waals surface area contributed by atoms with Crippen LogP contribution in [0.15, 0.2) is 48.2 Å². The van der Waals surface area contributed by atoms with Crippen LogP contribution in [0.1, 0.15) is 43.6 Å². The van der Waals surface area contributed by atoms with E-state index in [1.165, 1.54) is 36.5 Å². The van der Waals surface area contributed by atoms with E-state index in [1.54, 1.807) is 11.8 Å². The lowest BCUT2D eigenvalue weighted by molar-refractivity contribution is -0.128. The largest absolute Gasteiger partial charge is 0.507 e. The molecule has 1 unspecified atom stereocenters. The predicted octanol–water partition coefficient (Wildman–Crippen LogP) is 4.34. The number of halogens is 2. The van der Waals surface area contributed by atoms with Crippen molar-refractivity contribution in [3.8, 4) is 17.0 Å². The summed E-state index contributed by atoms with van der Waals surface area (Å²) < 4.78 is 30.8. The van der Waals surface area contributed by atoms with E-state index in [9.17, 15) is 19.1 Å². The van der Waals surface area contributed by atoms with Crippen LogP contribution in [0.2, 0.25) is 0 Å². The van der Waals surface area contributed by atoms with Crippen LogP contribution in [0.4, 0.5) is 20.3 Å². The fraction of sp³-hybridized carbons (Fsp3) is 0.333. The minimum absolute atomic E-state index is 0.0544. The van der Waals surface area contributed by atoms with E-state index < -0.39 is 28.6 Å². The van der Waals surface area contributed by atoms with Gasteiger partial charge in [-0.05, 0) is 44.0 Å². The number of piperazine rings is 1. The Morgan fingerprint density at radius 2 is 1.98 bits per heavy atom. The summed E-state index contributed by atoms with van der Waals surface area (Å²) in [5.41, 5.74) is 0.571. The van der Waals surface area contributed by atoms with Gasteiger partial charge in [-0.2, -0.15) is 0 Å². The second-order valence-corrected chi connectivity index (χ2v) is 10.2. The lowest BCUT2D eigenvalue weighted by Gasteiger charge is -2.41. The fourth-order valence-corrected chi connectivity index (χ4v) is 5.17. The number of phenolic OH excluding ortho intramolecular Hbond substituents is 1. The van der Waals surface area contributed by atoms with Crippen molar-refractivity contribution in [3.63, 3.8) is 0 Å². The lowest BCUT2D eigenvalue weighted by atomic mass is 10.0. The SMILES string of the molecule is C=CC(=O)N1CCN(/C(=N/C)c2cc(F)c(-c3c(O)cccc3F)nc2N(C=O)c2c(C)ncnc2C(C)C)C(C)C1. The zero-order valence-electron chi connectivity index (χ0n) is 24.2. The minimum Gasteiger partial charge on any atom is -0.507 e. The van der Waals surface area contributed by atoms with Crippen LogP contribution < -0.4 is 4.90 Å². The van der Waals surface area contributed by atoms with Crippen molar-refractivity contribution in [1.82, 2.24) is 24.8 Å². The number of anilines is 2. The molecule has 2 amide bonds. The Bertz CT molecular complexity index is 1540. The van der Waals surface area contributed by atoms with Crippen molar-refractivity contribution >= 4 is 29.7 Å². The average molecular weight is 578 g/mol. The number of nitrogens with zero attached hydrogens (tertiary/aromatic N) is 7. The van der Waals surface area contributed by atoms with E-state index in [4.69, 9.17) is 0 Å². The number of carbonyl (C=O) groups is 2. The topological polar surface area (TPSA) is 115 Å². The first-order valence-corrected chi connectivity index (χ1v) is 13.4. The molecule has 0 spiro atoms. The van der Waals surface area contributed by atoms with Crippen molar-refractivity contribution in [2.45, 2.75) is 39.7 Å². The van der Waals surface area contributed by atoms with E-state index >= 15 is 4.39 Å². The van der Waals surface area contributed by atoms with Crippen molar-refractivity contribution in [2.75, 3.05) is 31.6 Å². The number of carbonyl (C=O) groups excluding carboxylic acids is 2. The molecular formula is C30H33F2N7O3. The monoisotopic (exact) mass is 577 g/mol. The molecule has 10 nitrogen and oxygen atoms in total. The molecule has 3 heterocycles. The summed E-state index contributed by atoms with van der Waals surface area (Å²) in [4.78, 5) is 47.5. The number of aliphatic imine (C=N–C) groups is 1. The van der Waals surface area contributed by atoms with Crippen LogP contribution in [-0.2, 0) is 9.59 Å². The minimum atomic E-state index is -0.931. The molecule has 220 valence electrons. The summed E-state index contributed by atoms with van der Waals surface area (Å²) >= 11 is 0. The van der Waals surface area contributed by atoms with Gasteiger partial charge < -0.3 is 14.9 Å². The number of pyridine rings is 1. The first kappa shape index (κ1) is 30.2. The summed E-state index contributed by atoms with van der Waals surface area (Å²) in [6.07, 6.45) is 3.16. The molecule has 0 saturated carbocycles. The Morgan fingerprint density at radius 3 is 2.57 bits per heavy atom. The molecule has 0 radical (unpaired) electrons. The van der Waals surface area contributed by atoms with Gasteiger partial charge in [-0.25, -0.2) is 23.7 Å². The number of hydrogen-bond donors (Lipinski definition) is 1. The highest BCUT2D eigenvalue weighted by Gasteiger charge is 2.33. The third-order valence-corrected chi connectivity index (χ3v) is 7.18. The zero-order valence-corrected chi connectivity index (χ0v) is 24.2. The standard InChI is InChI=1S/C30H33F2N7O3/c1-7-24(42)37-11-12-38(18(4)14-37)29(33-6)20-13-22(32)27(25-21(31)9-8-10-23(25)41)36-30(20)39(16-40)28-19(5)34-15-35-26(28)17(2)3/h7-10,13,15-18,41H,1,11-12,14H2,2-6H3/b33-29+. The number of aromatic nitrogens is 3. The number of amides is 2. The van der Waals surface area contributed by atoms with Gasteiger partial charge in [0.1, 0.15) is 29.4 Å². The Morgan fingerprint density at radius 1 is 1.24 bits per heavy atom. The van der Waals surface area contributed by atoms with Crippen LogP contribution in [0.5, 0.6) is 5.75 Å². The van der Waals surface area contributed by atoms with Gasteiger partial charge in [-0.1, -0.05) is 26.5 Å². The van der Waals surface area contributed by atoms with E-state index in [1.807, 2.05) is 25.7 Å². The van der Waals surface area contributed by atoms with E-state index in [-0.39, 0.29) is 29.2 Å². The van der Waals surface area contributed by atoms with Gasteiger partial charge in [0.05, 0.1) is 28.2 Å². The van der Waals surface area contributed by atoms with Crippen LogP contribution in [0.25, 0.3) is 11.3 Å². The fourth-order valence-electron chi connectivity index (χ4n) is 5.17. The molecule has 1 aliphatic rings. The highest BCUT2D eigenvalue weighted by atomic mass is 19.1. The quantitative estimate of drug-likeness (QED) is 0.192. The first-order chi connectivity index (χ1) is 20.0. The zero-order chi connectivity index (χ0) is 30.7. The van der Waals surface area contributed by atoms with Crippen LogP contribution in [-0.4, -0.2) is 80.7 Å². The van der Waals surface area contributed by atoms with Crippen LogP contribution in [0.3, 0.4) is 0 Å². The molecule has 0 aliphatic carbocycles. The molecule has 1 aliphatic heterocycles. The molecule has 12 heteroatoms. The first-order valence-electron chi connectivity index (χ1n) is 13.4. The normalized spacial score (nSPS) is 15.6. The third-order valence-electron chi connectivity index (χ3n) is 7.18. The number of aromatic hydroxyl groups is 1. The maximum atomic E-state index is 15.9. The highest BCUT2D eigenvalue weighted by molar-refractivity contribution is 6.07. The number of phenols is 1. The predicted molar refractivity (Wildman–Crippen MR) is 156 cm³/mol. The molecule has 3 aromatic rings. The molecule has 0 bridgehead atoms. The number of benzene rings is 1. The maximum Gasteiger partial charge on any atom is 0.246 e. The summed E-state index contributed by atoms with van der Waals surface area (Å²) in [5, 5.41) is 10.5. The Labute approximate surface area is 243 Å². The molecule has 4 rings (SSSR count). The highest BCUT2D eigenvalue weighted by Crippen LogP contribution is 2.39. The second-order valence-electron chi connectivity index (χ2n) is 10.2. The van der Waals surface area contributed by atoms with Gasteiger partial charge in [0.15, 0.2) is 11.6 Å². The molecule has 42 heavy (non-hydrogen) atoms. The van der Waals surface area contributed by atoms with Gasteiger partial charge >= 0.3 is 0 Å². The molecule has 1 N–H and O–H groups in total. The molecular weight excluding hydrogens is 544 g/mol. The summed E-state index contributed by atoms with van der Waals surface area (Å²) in [5.74, 6) is -2.40. The molecule has 1 atom stereocenters. The van der Waals surface area contributed by atoms with Crippen molar-refractivity contribution < 1.29 is 23.5 Å². The lowest BCUT2D eigenvalue weighted by Crippen LogP contribution is -2.55. The van der Waals surface area contributed by atoms with E-state index in [0.29, 0.717) is 49.0 Å². The van der Waals surface area contributed by atoms with Crippen LogP contribution >= 0.6 is 0 Å². The van der Waals surface area contributed by atoms with Gasteiger partial charge in [0.2, 0.25) is 12.3 Å². The van der Waals surface area contributed by atoms with Gasteiger partial charge in [0.25, 0.3) is 0 Å². The van der Waals surface area contributed by atoms with Crippen molar-refractivity contribution in [1.29, 1.82) is 0 Å². The maximum absolute atomic E-state index is 15.9. The van der Waals surface area contributed by atoms with Gasteiger partial charge in [-0.15, -0.1) is 0 Å². The molecule has 2 aromatic heterocycles. The molecule has 1 saturated heterocycles. The smallest absolute Gasteiger partial charge is 0.246 e. The summed E-state index contributed by atoms with van der Waals surface area (Å²) in [6, 6.07) is 4.48. The second kappa shape index (κ2) is 12.4. The average Bonchev–Trinajstić information content (AvgIpc) is 2.96. The van der Waals surface area contributed by atoms with Crippen molar-refractivity contribution in [2.24, 2.45) is 4.99 Å². The van der Waals surface area contributed by atoms with E-state index in [0.717, 1.165) is 12.1 Å². The molecule has 1 fully saturated rings. The Hall–Kier alpha value is -4.74. The van der Waals surface area contributed by atoms with Gasteiger partial charge in [-0.3, -0.25) is 19.5 Å². The summed E-state index contributed by atoms with van der Waals surface area (Å²) in [6.45, 7) is 12.0. The third kappa shape index (κ3) is 5.56. The molecule has 1 aromatic carbocycles. The number of hydrogen-bond acceptors (Lipinski definition) is 7.